The van der Waals surface area contributed by atoms with Gasteiger partial charge in [0.25, 0.3) is 5.91 Å². The van der Waals surface area contributed by atoms with Crippen LogP contribution in [0.5, 0.6) is 5.75 Å². The second-order valence-electron chi connectivity index (χ2n) is 12.4. The van der Waals surface area contributed by atoms with Gasteiger partial charge < -0.3 is 43.9 Å². The summed E-state index contributed by atoms with van der Waals surface area (Å²) in [6.07, 6.45) is -1.67. The first-order valence-electron chi connectivity index (χ1n) is 16.5. The van der Waals surface area contributed by atoms with E-state index in [2.05, 4.69) is 20.6 Å². The number of amides is 1. The van der Waals surface area contributed by atoms with Gasteiger partial charge in [-0.15, -0.1) is 0 Å². The Morgan fingerprint density at radius 1 is 0.961 bits per heavy atom. The Bertz CT molecular complexity index is 1720. The van der Waals surface area contributed by atoms with Crippen LogP contribution >= 0.6 is 7.60 Å². The molecule has 2 aliphatic rings. The Balaban J connectivity index is 1.42. The highest BCUT2D eigenvalue weighted by atomic mass is 31.2. The van der Waals surface area contributed by atoms with Gasteiger partial charge in [0.1, 0.15) is 17.1 Å². The fraction of sp³-hybridized carbons (Fsp3) is 0.500. The molecule has 1 aliphatic heterocycles. The third kappa shape index (κ3) is 9.36. The summed E-state index contributed by atoms with van der Waals surface area (Å²) in [6, 6.07) is 8.20. The van der Waals surface area contributed by atoms with Crippen molar-refractivity contribution < 1.29 is 50.9 Å². The van der Waals surface area contributed by atoms with Gasteiger partial charge in [-0.3, -0.25) is 9.36 Å². The number of aliphatic hydroxyl groups excluding tert-OH is 1. The van der Waals surface area contributed by atoms with Crippen LogP contribution < -0.4 is 15.4 Å². The number of benzene rings is 2. The minimum Gasteiger partial charge on any atom is -0.495 e. The highest BCUT2D eigenvalue weighted by Crippen LogP contribution is 2.52. The van der Waals surface area contributed by atoms with Crippen molar-refractivity contribution in [1.82, 2.24) is 14.9 Å². The molecule has 0 saturated heterocycles. The molecule has 1 fully saturated rings. The average molecular weight is 738 g/mol. The molecule has 0 radical (unpaired) electrons. The number of carbonyl (C=O) groups excluding carboxylic acids is 1. The van der Waals surface area contributed by atoms with Gasteiger partial charge in [0.15, 0.2) is 0 Å². The molecular weight excluding hydrogens is 694 g/mol. The quantitative estimate of drug-likeness (QED) is 0.107. The minimum atomic E-state index is -4.81. The molecule has 1 aromatic heterocycles. The lowest BCUT2D eigenvalue weighted by atomic mass is 9.80. The molecule has 1 aliphatic carbocycles. The van der Waals surface area contributed by atoms with Crippen LogP contribution in [0.15, 0.2) is 36.5 Å². The van der Waals surface area contributed by atoms with Crippen molar-refractivity contribution >= 4 is 36.6 Å². The Morgan fingerprint density at radius 3 is 2.25 bits per heavy atom. The number of methoxy groups -OCH3 is 3. The van der Waals surface area contributed by atoms with Gasteiger partial charge >= 0.3 is 13.8 Å². The first-order chi connectivity index (χ1) is 24.4. The summed E-state index contributed by atoms with van der Waals surface area (Å²) in [4.78, 5) is 23.0. The van der Waals surface area contributed by atoms with Crippen LogP contribution in [0.4, 0.5) is 36.3 Å². The lowest BCUT2D eigenvalue weighted by molar-refractivity contribution is -0.137. The summed E-state index contributed by atoms with van der Waals surface area (Å²) in [5.41, 5.74) is 2.17. The number of fused-ring (bicyclic) bond motifs is 1. The fourth-order valence-corrected chi connectivity index (χ4v) is 7.86. The number of rotatable bonds is 16. The molecular formula is C34H43F3N5O8P. The van der Waals surface area contributed by atoms with Gasteiger partial charge in [-0.2, -0.15) is 18.2 Å². The van der Waals surface area contributed by atoms with E-state index in [1.165, 1.54) is 33.5 Å². The van der Waals surface area contributed by atoms with E-state index in [1.807, 2.05) is 6.07 Å². The Kier molecular flexibility index (Phi) is 12.6. The van der Waals surface area contributed by atoms with Gasteiger partial charge in [-0.05, 0) is 66.5 Å². The van der Waals surface area contributed by atoms with E-state index in [-0.39, 0.29) is 67.9 Å². The Hall–Kier alpha value is -3.79. The summed E-state index contributed by atoms with van der Waals surface area (Å²) >= 11 is 0. The summed E-state index contributed by atoms with van der Waals surface area (Å²) in [5.74, 6) is -0.612. The van der Waals surface area contributed by atoms with E-state index in [0.717, 1.165) is 24.0 Å². The molecule has 0 spiro atoms. The summed E-state index contributed by atoms with van der Waals surface area (Å²) in [6.45, 7) is 0.807. The van der Waals surface area contributed by atoms with E-state index in [4.69, 9.17) is 23.3 Å². The molecule has 5 rings (SSSR count). The zero-order valence-electron chi connectivity index (χ0n) is 28.9. The normalized spacial score (nSPS) is 17.8. The minimum absolute atomic E-state index is 0.0190. The predicted molar refractivity (Wildman–Crippen MR) is 183 cm³/mol. The highest BCUT2D eigenvalue weighted by Gasteiger charge is 2.37. The number of hydrogen-bond acceptors (Lipinski definition) is 12. The van der Waals surface area contributed by atoms with Gasteiger partial charge in [-0.25, -0.2) is 4.98 Å². The number of ether oxygens (including phenoxy) is 3. The first kappa shape index (κ1) is 38.4. The first-order valence-corrected chi connectivity index (χ1v) is 18.2. The van der Waals surface area contributed by atoms with Crippen molar-refractivity contribution in [3.63, 3.8) is 0 Å². The number of aliphatic hydroxyl groups is 1. The number of alkyl halides is 3. The second-order valence-corrected chi connectivity index (χ2v) is 14.4. The highest BCUT2D eigenvalue weighted by molar-refractivity contribution is 7.53. The number of nitrogens with one attached hydrogen (secondary N) is 2. The van der Waals surface area contributed by atoms with Crippen molar-refractivity contribution in [2.75, 3.05) is 65.4 Å². The van der Waals surface area contributed by atoms with Crippen LogP contribution in [0.25, 0.3) is 0 Å². The Labute approximate surface area is 294 Å². The van der Waals surface area contributed by atoms with Gasteiger partial charge in [-0.1, -0.05) is 12.1 Å². The van der Waals surface area contributed by atoms with Crippen LogP contribution in [0.1, 0.15) is 64.2 Å². The second kappa shape index (κ2) is 16.7. The summed E-state index contributed by atoms with van der Waals surface area (Å²) in [5, 5.41) is 15.7. The largest absolute Gasteiger partial charge is 0.495 e. The maximum Gasteiger partial charge on any atom is 0.421 e. The lowest BCUT2D eigenvalue weighted by Gasteiger charge is -2.27. The molecule has 0 bridgehead atoms. The van der Waals surface area contributed by atoms with Crippen LogP contribution in [-0.2, 0) is 42.0 Å². The summed E-state index contributed by atoms with van der Waals surface area (Å²) in [7, 11) is 2.33. The van der Waals surface area contributed by atoms with Gasteiger partial charge in [0, 0.05) is 34.0 Å². The van der Waals surface area contributed by atoms with Crippen LogP contribution in [0, 0.1) is 0 Å². The third-order valence-corrected chi connectivity index (χ3v) is 10.7. The van der Waals surface area contributed by atoms with Crippen molar-refractivity contribution in [1.29, 1.82) is 0 Å². The van der Waals surface area contributed by atoms with Crippen molar-refractivity contribution in [3.05, 3.63) is 64.3 Å². The van der Waals surface area contributed by atoms with Gasteiger partial charge in [0.2, 0.25) is 5.95 Å². The zero-order valence-corrected chi connectivity index (χ0v) is 29.8. The molecule has 278 valence electrons. The third-order valence-electron chi connectivity index (χ3n) is 8.83. The molecule has 1 saturated carbocycles. The molecule has 2 heterocycles. The number of nitrogens with zero attached hydrogens (tertiary/aromatic N) is 3. The molecule has 3 aromatic rings. The smallest absolute Gasteiger partial charge is 0.421 e. The molecule has 1 amide bonds. The molecule has 2 aromatic carbocycles. The molecule has 0 unspecified atom stereocenters. The lowest BCUT2D eigenvalue weighted by Crippen LogP contribution is -2.18. The zero-order chi connectivity index (χ0) is 36.8. The summed E-state index contributed by atoms with van der Waals surface area (Å²) < 4.78 is 82.6. The SMILES string of the molecule is COCCOP(=O)(Cc1ccc(Nc2nc(Nc3ccc([C@H]4CC[C@H](O)CC4)c4c3C(=O)N(C)C4)ncc2C(F)(F)F)c(OC)c1)OCCOC. The van der Waals surface area contributed by atoms with Crippen LogP contribution in [0.2, 0.25) is 0 Å². The van der Waals surface area contributed by atoms with E-state index in [9.17, 15) is 27.6 Å². The monoisotopic (exact) mass is 737 g/mol. The number of halogens is 3. The van der Waals surface area contributed by atoms with Crippen molar-refractivity contribution in [3.8, 4) is 5.75 Å². The van der Waals surface area contributed by atoms with E-state index < -0.39 is 25.2 Å². The van der Waals surface area contributed by atoms with E-state index in [1.54, 1.807) is 24.1 Å². The van der Waals surface area contributed by atoms with E-state index >= 15 is 0 Å². The molecule has 17 heteroatoms. The van der Waals surface area contributed by atoms with Gasteiger partial charge in [0.05, 0.1) is 62.7 Å². The standard InChI is InChI=1S/C34H43F3N5O8P/c1-42-19-25-24(22-6-8-23(43)9-7-22)10-12-28(30(25)32(42)44)40-33-38-18-26(34(35,36)37)31(41-33)39-27-11-5-21(17-29(27)48-4)20-51(45,49-15-13-46-2)50-16-14-47-3/h5,10-12,17-18,22-23,43H,6-9,13-16,19-20H2,1-4H3,(H2,38,39,40,41)/t22-,23-. The maximum absolute atomic E-state index is 14.2. The van der Waals surface area contributed by atoms with Crippen molar-refractivity contribution in [2.24, 2.45) is 0 Å². The number of anilines is 4. The van der Waals surface area contributed by atoms with Crippen molar-refractivity contribution in [2.45, 2.75) is 56.6 Å². The predicted octanol–water partition coefficient (Wildman–Crippen LogP) is 6.61. The number of hydrogen-bond donors (Lipinski definition) is 3. The molecule has 51 heavy (non-hydrogen) atoms. The fourth-order valence-electron chi connectivity index (χ4n) is 6.25. The Morgan fingerprint density at radius 2 is 1.63 bits per heavy atom. The number of carbonyl (C=O) groups is 1. The molecule has 13 nitrogen and oxygen atoms in total. The van der Waals surface area contributed by atoms with E-state index in [0.29, 0.717) is 42.4 Å². The molecule has 3 N–H and O–H groups in total. The van der Waals surface area contributed by atoms with Crippen LogP contribution in [-0.4, -0.2) is 86.8 Å². The average Bonchev–Trinajstić information content (AvgIpc) is 3.39. The maximum atomic E-state index is 14.2. The molecule has 0 atom stereocenters. The number of aromatic nitrogens is 2. The van der Waals surface area contributed by atoms with Crippen LogP contribution in [0.3, 0.4) is 0 Å². The topological polar surface area (TPSA) is 154 Å².